The van der Waals surface area contributed by atoms with E-state index in [1.165, 1.54) is 7.05 Å². The minimum atomic E-state index is -4.52. The van der Waals surface area contributed by atoms with Gasteiger partial charge < -0.3 is 5.32 Å². The zero-order valence-corrected chi connectivity index (χ0v) is 15.6. The predicted octanol–water partition coefficient (Wildman–Crippen LogP) is 5.48. The number of nitrogens with one attached hydrogen (secondary N) is 1. The molecular weight excluding hydrogens is 387 g/mol. The fraction of sp³-hybridized carbons (Fsp3) is 0.294. The topological polar surface area (TPSA) is 42.7 Å². The summed E-state index contributed by atoms with van der Waals surface area (Å²) in [4.78, 5) is 3.94. The number of aryl methyl sites for hydroxylation is 1. The second kappa shape index (κ2) is 8.47. The lowest BCUT2D eigenvalue weighted by atomic mass is 10.2. The van der Waals surface area contributed by atoms with Crippen LogP contribution in [0.5, 0.6) is 0 Å². The Morgan fingerprint density at radius 3 is 2.30 bits per heavy atom. The molecule has 3 aromatic heterocycles. The van der Waals surface area contributed by atoms with Crippen LogP contribution in [0.4, 0.5) is 27.0 Å². The molecule has 3 heterocycles. The van der Waals surface area contributed by atoms with E-state index in [-0.39, 0.29) is 12.1 Å². The number of anilines is 1. The minimum absolute atomic E-state index is 0.112. The van der Waals surface area contributed by atoms with Gasteiger partial charge in [0.15, 0.2) is 5.69 Å². The van der Waals surface area contributed by atoms with Crippen LogP contribution in [-0.4, -0.2) is 14.8 Å². The molecule has 0 spiro atoms. The van der Waals surface area contributed by atoms with Crippen LogP contribution in [0.3, 0.4) is 0 Å². The van der Waals surface area contributed by atoms with E-state index >= 15 is 0 Å². The van der Waals surface area contributed by atoms with Gasteiger partial charge in [-0.25, -0.2) is 8.78 Å². The van der Waals surface area contributed by atoms with E-state index in [2.05, 4.69) is 15.4 Å². The Balaban J connectivity index is 0.00000126. The number of alkyl halides is 3. The quantitative estimate of drug-likeness (QED) is 0.586. The Morgan fingerprint density at radius 1 is 1.11 bits per heavy atom. The molecule has 3 aromatic rings. The number of aromatic nitrogens is 3. The van der Waals surface area contributed by atoms with Crippen molar-refractivity contribution in [2.24, 2.45) is 7.05 Å². The van der Waals surface area contributed by atoms with Gasteiger partial charge in [0.05, 0.1) is 28.0 Å². The first-order valence-corrected chi connectivity index (χ1v) is 8.80. The molecule has 0 aliphatic heterocycles. The SMILES string of the molecule is CC.Cn1nc(C(F)(F)F)cc1-c1ccc(NCc2c(F)cncc2F)s1. The first-order valence-electron chi connectivity index (χ1n) is 7.99. The fourth-order valence-electron chi connectivity index (χ4n) is 2.19. The van der Waals surface area contributed by atoms with Crippen molar-refractivity contribution in [1.29, 1.82) is 0 Å². The molecule has 0 bridgehead atoms. The Kier molecular flexibility index (Phi) is 6.53. The molecule has 0 fully saturated rings. The van der Waals surface area contributed by atoms with E-state index in [9.17, 15) is 22.0 Å². The van der Waals surface area contributed by atoms with Crippen molar-refractivity contribution in [3.63, 3.8) is 0 Å². The van der Waals surface area contributed by atoms with Gasteiger partial charge >= 0.3 is 6.18 Å². The molecule has 27 heavy (non-hydrogen) atoms. The summed E-state index contributed by atoms with van der Waals surface area (Å²) in [6.07, 6.45) is -2.70. The summed E-state index contributed by atoms with van der Waals surface area (Å²) in [6, 6.07) is 4.19. The van der Waals surface area contributed by atoms with E-state index in [4.69, 9.17) is 0 Å². The number of halogens is 5. The molecule has 0 aliphatic rings. The Bertz CT molecular complexity index is 881. The largest absolute Gasteiger partial charge is 0.435 e. The van der Waals surface area contributed by atoms with Gasteiger partial charge in [-0.05, 0) is 18.2 Å². The number of nitrogens with zero attached hydrogens (tertiary/aromatic N) is 3. The van der Waals surface area contributed by atoms with Gasteiger partial charge in [-0.2, -0.15) is 18.3 Å². The van der Waals surface area contributed by atoms with Gasteiger partial charge in [-0.3, -0.25) is 9.67 Å². The van der Waals surface area contributed by atoms with Crippen LogP contribution in [0.1, 0.15) is 25.1 Å². The summed E-state index contributed by atoms with van der Waals surface area (Å²) < 4.78 is 66.4. The average molecular weight is 404 g/mol. The van der Waals surface area contributed by atoms with E-state index in [0.29, 0.717) is 15.6 Å². The van der Waals surface area contributed by atoms with Crippen molar-refractivity contribution in [2.75, 3.05) is 5.32 Å². The Hall–Kier alpha value is -2.49. The summed E-state index contributed by atoms with van der Waals surface area (Å²) in [5.41, 5.74) is -0.842. The second-order valence-corrected chi connectivity index (χ2v) is 6.22. The monoisotopic (exact) mass is 404 g/mol. The second-order valence-electron chi connectivity index (χ2n) is 5.14. The van der Waals surface area contributed by atoms with Crippen LogP contribution in [0.15, 0.2) is 30.6 Å². The van der Waals surface area contributed by atoms with Gasteiger partial charge in [0, 0.05) is 19.2 Å². The van der Waals surface area contributed by atoms with Crippen LogP contribution in [-0.2, 0) is 19.8 Å². The van der Waals surface area contributed by atoms with Gasteiger partial charge in [-0.15, -0.1) is 11.3 Å². The van der Waals surface area contributed by atoms with Crippen molar-refractivity contribution >= 4 is 16.3 Å². The summed E-state index contributed by atoms with van der Waals surface area (Å²) >= 11 is 1.16. The molecule has 146 valence electrons. The van der Waals surface area contributed by atoms with Gasteiger partial charge in [0.1, 0.15) is 11.6 Å². The maximum absolute atomic E-state index is 13.5. The molecule has 0 aromatic carbocycles. The van der Waals surface area contributed by atoms with Gasteiger partial charge in [0.25, 0.3) is 0 Å². The zero-order valence-electron chi connectivity index (χ0n) is 14.7. The molecule has 3 rings (SSSR count). The van der Waals surface area contributed by atoms with Gasteiger partial charge in [0.2, 0.25) is 0 Å². The predicted molar refractivity (Wildman–Crippen MR) is 94.4 cm³/mol. The lowest BCUT2D eigenvalue weighted by Gasteiger charge is -2.05. The summed E-state index contributed by atoms with van der Waals surface area (Å²) in [7, 11) is 1.42. The molecule has 0 atom stereocenters. The van der Waals surface area contributed by atoms with Crippen LogP contribution >= 0.6 is 11.3 Å². The third kappa shape index (κ3) is 4.82. The number of hydrogen-bond acceptors (Lipinski definition) is 4. The molecule has 1 N–H and O–H groups in total. The molecule has 0 saturated carbocycles. The maximum atomic E-state index is 13.5. The van der Waals surface area contributed by atoms with Crippen molar-refractivity contribution in [2.45, 2.75) is 26.6 Å². The minimum Gasteiger partial charge on any atom is -0.373 e. The lowest BCUT2D eigenvalue weighted by Crippen LogP contribution is -2.06. The smallest absolute Gasteiger partial charge is 0.373 e. The number of pyridine rings is 1. The molecule has 0 saturated heterocycles. The number of hydrogen-bond donors (Lipinski definition) is 1. The highest BCUT2D eigenvalue weighted by Gasteiger charge is 2.34. The normalized spacial score (nSPS) is 11.1. The summed E-state index contributed by atoms with van der Waals surface area (Å²) in [5, 5.41) is 6.86. The number of thiophene rings is 1. The fourth-order valence-corrected chi connectivity index (χ4v) is 3.14. The first kappa shape index (κ1) is 20.8. The molecule has 0 radical (unpaired) electrons. The summed E-state index contributed by atoms with van der Waals surface area (Å²) in [5.74, 6) is -1.54. The van der Waals surface area contributed by atoms with Crippen molar-refractivity contribution in [3.8, 4) is 10.6 Å². The molecule has 0 aliphatic carbocycles. The van der Waals surface area contributed by atoms with E-state index in [1.807, 2.05) is 13.8 Å². The average Bonchev–Trinajstić information content (AvgIpc) is 3.22. The molecule has 4 nitrogen and oxygen atoms in total. The van der Waals surface area contributed by atoms with E-state index < -0.39 is 23.5 Å². The highest BCUT2D eigenvalue weighted by Crippen LogP contribution is 2.35. The Labute approximate surface area is 156 Å². The highest BCUT2D eigenvalue weighted by atomic mass is 32.1. The van der Waals surface area contributed by atoms with Crippen molar-refractivity contribution in [3.05, 3.63) is 53.5 Å². The Morgan fingerprint density at radius 2 is 1.74 bits per heavy atom. The van der Waals surface area contributed by atoms with Crippen LogP contribution in [0.25, 0.3) is 10.6 Å². The van der Waals surface area contributed by atoms with Crippen LogP contribution < -0.4 is 5.32 Å². The van der Waals surface area contributed by atoms with Gasteiger partial charge in [-0.1, -0.05) is 13.8 Å². The van der Waals surface area contributed by atoms with Crippen LogP contribution in [0.2, 0.25) is 0 Å². The van der Waals surface area contributed by atoms with Crippen molar-refractivity contribution in [1.82, 2.24) is 14.8 Å². The summed E-state index contributed by atoms with van der Waals surface area (Å²) in [6.45, 7) is 3.89. The molecule has 10 heteroatoms. The van der Waals surface area contributed by atoms with Crippen LogP contribution in [0, 0.1) is 11.6 Å². The van der Waals surface area contributed by atoms with Crippen molar-refractivity contribution < 1.29 is 22.0 Å². The van der Waals surface area contributed by atoms with E-state index in [0.717, 1.165) is 34.5 Å². The molecule has 0 amide bonds. The standard InChI is InChI=1S/C15H11F5N4S.C2H6/c1-24-11(4-13(23-24)15(18,19)20)12-2-3-14(25-12)22-5-8-9(16)6-21-7-10(8)17;1-2/h2-4,6-7,22H,5H2,1H3;1-2H3. The lowest BCUT2D eigenvalue weighted by molar-refractivity contribution is -0.141. The zero-order chi connectivity index (χ0) is 20.2. The van der Waals surface area contributed by atoms with E-state index in [1.54, 1.807) is 12.1 Å². The third-order valence-corrected chi connectivity index (χ3v) is 4.49. The molecular formula is C17H17F5N4S. The third-order valence-electron chi connectivity index (χ3n) is 3.42. The maximum Gasteiger partial charge on any atom is 0.435 e. The first-order chi connectivity index (χ1) is 12.8. The number of rotatable bonds is 4. The highest BCUT2D eigenvalue weighted by molar-refractivity contribution is 7.19. The molecule has 0 unspecified atom stereocenters.